The first-order valence-corrected chi connectivity index (χ1v) is 10.7. The summed E-state index contributed by atoms with van der Waals surface area (Å²) < 4.78 is 3.46. The van der Waals surface area contributed by atoms with Gasteiger partial charge in [-0.3, -0.25) is 9.48 Å². The molecule has 0 spiro atoms. The van der Waals surface area contributed by atoms with Crippen molar-refractivity contribution in [1.82, 2.24) is 34.3 Å². The number of hydrogen-bond acceptors (Lipinski definition) is 6. The van der Waals surface area contributed by atoms with E-state index in [4.69, 9.17) is 16.6 Å². The van der Waals surface area contributed by atoms with E-state index in [1.165, 1.54) is 11.3 Å². The van der Waals surface area contributed by atoms with Crippen molar-refractivity contribution in [3.63, 3.8) is 0 Å². The molecule has 0 saturated heterocycles. The van der Waals surface area contributed by atoms with Gasteiger partial charge in [-0.05, 0) is 40.2 Å². The first-order valence-electron chi connectivity index (χ1n) is 9.47. The number of thiophene rings is 1. The third kappa shape index (κ3) is 3.18. The predicted octanol–water partition coefficient (Wildman–Crippen LogP) is 3.64. The fraction of sp³-hybridized carbons (Fsp3) is 0.421. The number of hydrogen-bond donors (Lipinski definition) is 0. The zero-order chi connectivity index (χ0) is 20.9. The fourth-order valence-corrected chi connectivity index (χ4v) is 4.71. The molecule has 0 aliphatic rings. The molecular weight excluding hydrogens is 410 g/mol. The van der Waals surface area contributed by atoms with Gasteiger partial charge in [-0.2, -0.15) is 5.10 Å². The minimum absolute atomic E-state index is 0.0330. The van der Waals surface area contributed by atoms with Crippen LogP contribution in [-0.4, -0.2) is 53.3 Å². The minimum atomic E-state index is 0.0330. The molecule has 1 amide bonds. The van der Waals surface area contributed by atoms with E-state index in [0.717, 1.165) is 27.2 Å². The third-order valence-corrected chi connectivity index (χ3v) is 6.88. The summed E-state index contributed by atoms with van der Waals surface area (Å²) in [6.45, 7) is 11.5. The van der Waals surface area contributed by atoms with Crippen LogP contribution in [0.4, 0.5) is 0 Å². The molecule has 0 unspecified atom stereocenters. The van der Waals surface area contributed by atoms with Crippen LogP contribution in [0.1, 0.15) is 46.3 Å². The average Bonchev–Trinajstić information content (AvgIpc) is 3.33. The van der Waals surface area contributed by atoms with Crippen LogP contribution < -0.4 is 0 Å². The Balaban J connectivity index is 1.79. The van der Waals surface area contributed by atoms with E-state index in [9.17, 15) is 4.79 Å². The Labute approximate surface area is 177 Å². The van der Waals surface area contributed by atoms with E-state index in [-0.39, 0.29) is 5.91 Å². The van der Waals surface area contributed by atoms with Crippen molar-refractivity contribution in [3.05, 3.63) is 39.0 Å². The Kier molecular flexibility index (Phi) is 5.04. The molecule has 0 bridgehead atoms. The lowest BCUT2D eigenvalue weighted by atomic mass is 10.2. The van der Waals surface area contributed by atoms with Crippen molar-refractivity contribution in [1.29, 1.82) is 0 Å². The molecule has 152 valence electrons. The van der Waals surface area contributed by atoms with E-state index >= 15 is 0 Å². The topological polar surface area (TPSA) is 81.2 Å². The smallest absolute Gasteiger partial charge is 0.264 e. The minimum Gasteiger partial charge on any atom is -0.338 e. The number of aryl methyl sites for hydroxylation is 2. The zero-order valence-corrected chi connectivity index (χ0v) is 18.6. The summed E-state index contributed by atoms with van der Waals surface area (Å²) in [5.41, 5.74) is 3.26. The third-order valence-electron chi connectivity index (χ3n) is 5.14. The van der Waals surface area contributed by atoms with Crippen LogP contribution in [-0.2, 0) is 6.54 Å². The highest BCUT2D eigenvalue weighted by atomic mass is 35.5. The van der Waals surface area contributed by atoms with E-state index in [2.05, 4.69) is 15.2 Å². The molecule has 0 aliphatic heterocycles. The summed E-state index contributed by atoms with van der Waals surface area (Å²) in [7, 11) is 0. The summed E-state index contributed by atoms with van der Waals surface area (Å²) >= 11 is 7.66. The molecule has 4 aromatic rings. The lowest BCUT2D eigenvalue weighted by Crippen LogP contribution is -2.30. The maximum absolute atomic E-state index is 12.9. The van der Waals surface area contributed by atoms with Crippen molar-refractivity contribution in [2.24, 2.45) is 0 Å². The van der Waals surface area contributed by atoms with E-state index in [1.54, 1.807) is 15.5 Å². The fourth-order valence-electron chi connectivity index (χ4n) is 3.47. The second-order valence-electron chi connectivity index (χ2n) is 6.90. The van der Waals surface area contributed by atoms with Gasteiger partial charge in [-0.1, -0.05) is 11.6 Å². The molecule has 4 aromatic heterocycles. The molecule has 4 rings (SSSR count). The average molecular weight is 432 g/mol. The summed E-state index contributed by atoms with van der Waals surface area (Å²) in [5, 5.41) is 10.5. The summed E-state index contributed by atoms with van der Waals surface area (Å²) in [6, 6.07) is 0. The number of carbonyl (C=O) groups is 1. The molecule has 10 heteroatoms. The van der Waals surface area contributed by atoms with Gasteiger partial charge in [-0.15, -0.1) is 16.4 Å². The van der Waals surface area contributed by atoms with Gasteiger partial charge in [0.25, 0.3) is 5.91 Å². The Bertz CT molecular complexity index is 1230. The second kappa shape index (κ2) is 7.38. The molecular formula is C19H22ClN7OS. The Hall–Kier alpha value is -2.52. The number of nitrogens with zero attached hydrogens (tertiary/aromatic N) is 7. The first-order chi connectivity index (χ1) is 13.8. The summed E-state index contributed by atoms with van der Waals surface area (Å²) in [4.78, 5) is 25.4. The van der Waals surface area contributed by atoms with Gasteiger partial charge in [0.05, 0.1) is 26.7 Å². The molecule has 0 atom stereocenters. The van der Waals surface area contributed by atoms with Crippen LogP contribution in [0.2, 0.25) is 5.02 Å². The molecule has 8 nitrogen and oxygen atoms in total. The quantitative estimate of drug-likeness (QED) is 0.481. The van der Waals surface area contributed by atoms with Crippen LogP contribution in [0.25, 0.3) is 15.9 Å². The number of fused-ring (bicyclic) bond motifs is 3. The van der Waals surface area contributed by atoms with Gasteiger partial charge >= 0.3 is 0 Å². The number of amides is 1. The van der Waals surface area contributed by atoms with Gasteiger partial charge in [0.2, 0.25) is 0 Å². The van der Waals surface area contributed by atoms with Crippen molar-refractivity contribution in [2.75, 3.05) is 13.1 Å². The van der Waals surface area contributed by atoms with Crippen molar-refractivity contribution in [2.45, 2.75) is 41.2 Å². The lowest BCUT2D eigenvalue weighted by molar-refractivity contribution is 0.0777. The Morgan fingerprint density at radius 3 is 2.55 bits per heavy atom. The van der Waals surface area contributed by atoms with Crippen molar-refractivity contribution in [3.8, 4) is 0 Å². The van der Waals surface area contributed by atoms with Gasteiger partial charge in [-0.25, -0.2) is 14.5 Å². The maximum atomic E-state index is 12.9. The predicted molar refractivity (Wildman–Crippen MR) is 114 cm³/mol. The van der Waals surface area contributed by atoms with Crippen molar-refractivity contribution >= 4 is 44.7 Å². The Morgan fingerprint density at radius 2 is 1.93 bits per heavy atom. The molecule has 0 radical (unpaired) electrons. The largest absolute Gasteiger partial charge is 0.338 e. The number of aromatic nitrogens is 6. The highest BCUT2D eigenvalue weighted by molar-refractivity contribution is 7.20. The zero-order valence-electron chi connectivity index (χ0n) is 17.0. The molecule has 0 aliphatic carbocycles. The number of carbonyl (C=O) groups excluding carboxylic acids is 1. The monoisotopic (exact) mass is 431 g/mol. The van der Waals surface area contributed by atoms with E-state index in [0.29, 0.717) is 41.0 Å². The summed E-state index contributed by atoms with van der Waals surface area (Å²) in [6.07, 6.45) is 1.64. The molecule has 4 heterocycles. The van der Waals surface area contributed by atoms with Crippen LogP contribution in [0.3, 0.4) is 0 Å². The van der Waals surface area contributed by atoms with Crippen LogP contribution in [0.5, 0.6) is 0 Å². The first kappa shape index (κ1) is 19.8. The second-order valence-corrected chi connectivity index (χ2v) is 8.27. The molecule has 29 heavy (non-hydrogen) atoms. The van der Waals surface area contributed by atoms with Gasteiger partial charge in [0.1, 0.15) is 17.7 Å². The maximum Gasteiger partial charge on any atom is 0.264 e. The number of rotatable bonds is 5. The molecule has 0 fully saturated rings. The highest BCUT2D eigenvalue weighted by Crippen LogP contribution is 2.32. The van der Waals surface area contributed by atoms with Crippen molar-refractivity contribution < 1.29 is 4.79 Å². The molecule has 0 saturated carbocycles. The van der Waals surface area contributed by atoms with Gasteiger partial charge < -0.3 is 4.90 Å². The van der Waals surface area contributed by atoms with Crippen LogP contribution >= 0.6 is 22.9 Å². The number of halogens is 1. The highest BCUT2D eigenvalue weighted by Gasteiger charge is 2.23. The van der Waals surface area contributed by atoms with Crippen LogP contribution in [0, 0.1) is 20.8 Å². The lowest BCUT2D eigenvalue weighted by Gasteiger charge is -2.17. The van der Waals surface area contributed by atoms with E-state index < -0.39 is 0 Å². The summed E-state index contributed by atoms with van der Waals surface area (Å²) in [5.74, 6) is 0.648. The molecule has 0 N–H and O–H groups in total. The van der Waals surface area contributed by atoms with Gasteiger partial charge in [0.15, 0.2) is 11.5 Å². The molecule has 0 aromatic carbocycles. The normalized spacial score (nSPS) is 11.7. The van der Waals surface area contributed by atoms with Gasteiger partial charge in [0, 0.05) is 13.1 Å². The van der Waals surface area contributed by atoms with Crippen LogP contribution in [0.15, 0.2) is 6.33 Å². The standard InChI is InChI=1S/C19H22ClN7OS/c1-6-25(7-2)19(28)16-10(3)14-17-22-13(24-27(17)9-21-18(14)29-16)8-26-12(5)15(20)11(4)23-26/h9H,6-8H2,1-5H3. The van der Waals surface area contributed by atoms with E-state index in [1.807, 2.05) is 39.5 Å². The SMILES string of the molecule is CCN(CC)C(=O)c1sc2ncn3nc(Cn4nc(C)c(Cl)c4C)nc3c2c1C. The Morgan fingerprint density at radius 1 is 1.21 bits per heavy atom.